The fourth-order valence-electron chi connectivity index (χ4n) is 0.203. The van der Waals surface area contributed by atoms with Gasteiger partial charge in [-0.15, -0.1) is 0 Å². The van der Waals surface area contributed by atoms with Gasteiger partial charge in [0.25, 0.3) is 11.5 Å². The van der Waals surface area contributed by atoms with E-state index in [1.54, 1.807) is 0 Å². The van der Waals surface area contributed by atoms with Crippen molar-refractivity contribution in [2.75, 3.05) is 0 Å². The third-order valence-corrected chi connectivity index (χ3v) is 0.629. The Morgan fingerprint density at radius 2 is 1.00 bits per heavy atom. The first-order valence-electron chi connectivity index (χ1n) is 2.05. The third-order valence-electron chi connectivity index (χ3n) is 0.629. The van der Waals surface area contributed by atoms with Crippen LogP contribution in [0.4, 0.5) is 0 Å². The summed E-state index contributed by atoms with van der Waals surface area (Å²) in [4.78, 5) is 19.4. The number of rotatable bonds is 2. The molecule has 6 nitrogen and oxygen atoms in total. The molecule has 0 unspecified atom stereocenters. The fourth-order valence-corrected chi connectivity index (χ4v) is 0.203. The Balaban J connectivity index is -0.000000405. The van der Waals surface area contributed by atoms with Crippen LogP contribution in [0.3, 0.4) is 0 Å². The van der Waals surface area contributed by atoms with Crippen LogP contribution in [0.1, 0.15) is 1.43 Å². The molecule has 7 heteroatoms. The fraction of sp³-hybridized carbons (Fsp3) is 0. The molecule has 0 atom stereocenters. The molecular formula is C4H5NaO6. The van der Waals surface area contributed by atoms with Crippen LogP contribution in [0.25, 0.3) is 0 Å². The van der Waals surface area contributed by atoms with E-state index in [-0.39, 0.29) is 31.0 Å². The molecule has 0 aliphatic heterocycles. The number of aliphatic hydroxyl groups is 2. The maximum absolute atomic E-state index is 9.71. The summed E-state index contributed by atoms with van der Waals surface area (Å²) in [6.07, 6.45) is 0. The van der Waals surface area contributed by atoms with E-state index >= 15 is 0 Å². The van der Waals surface area contributed by atoms with Crippen molar-refractivity contribution in [3.05, 3.63) is 11.5 Å². The molecule has 0 heterocycles. The third kappa shape index (κ3) is 3.87. The van der Waals surface area contributed by atoms with E-state index in [1.165, 1.54) is 0 Å². The molecule has 11 heavy (non-hydrogen) atoms. The molecule has 0 aromatic rings. The first-order valence-corrected chi connectivity index (χ1v) is 2.05. The van der Waals surface area contributed by atoms with Gasteiger partial charge in [-0.25, -0.2) is 9.59 Å². The van der Waals surface area contributed by atoms with Gasteiger partial charge in [0.15, 0.2) is 0 Å². The summed E-state index contributed by atoms with van der Waals surface area (Å²) < 4.78 is 0. The van der Waals surface area contributed by atoms with Crippen molar-refractivity contribution in [1.82, 2.24) is 0 Å². The SMILES string of the molecule is O=C(O)/C(O)=C(\O)C(=O)O.[H-].[Na+]. The van der Waals surface area contributed by atoms with Gasteiger partial charge in [0, 0.05) is 0 Å². The zero-order valence-electron chi connectivity index (χ0n) is 6.61. The Morgan fingerprint density at radius 1 is 0.818 bits per heavy atom. The molecule has 4 N–H and O–H groups in total. The van der Waals surface area contributed by atoms with Crippen molar-refractivity contribution in [2.24, 2.45) is 0 Å². The number of carbonyl (C=O) groups is 2. The van der Waals surface area contributed by atoms with Gasteiger partial charge in [0.1, 0.15) is 0 Å². The van der Waals surface area contributed by atoms with Gasteiger partial charge in [-0.2, -0.15) is 0 Å². The number of carboxylic acid groups (broad SMARTS) is 2. The number of aliphatic hydroxyl groups excluding tert-OH is 2. The monoisotopic (exact) mass is 172 g/mol. The molecule has 0 aromatic heterocycles. The minimum Gasteiger partial charge on any atom is -1.00 e. The van der Waals surface area contributed by atoms with E-state index < -0.39 is 23.5 Å². The predicted octanol–water partition coefficient (Wildman–Crippen LogP) is -3.40. The van der Waals surface area contributed by atoms with Gasteiger partial charge in [0.05, 0.1) is 0 Å². The molecule has 0 saturated carbocycles. The minimum atomic E-state index is -1.89. The van der Waals surface area contributed by atoms with Crippen LogP contribution < -0.4 is 29.6 Å². The molecular weight excluding hydrogens is 167 g/mol. The summed E-state index contributed by atoms with van der Waals surface area (Å²) in [5.74, 6) is -6.93. The Morgan fingerprint density at radius 3 is 1.09 bits per heavy atom. The van der Waals surface area contributed by atoms with E-state index in [0.29, 0.717) is 0 Å². The molecule has 0 amide bonds. The van der Waals surface area contributed by atoms with E-state index in [9.17, 15) is 9.59 Å². The Kier molecular flexibility index (Phi) is 5.87. The maximum Gasteiger partial charge on any atom is 1.00 e. The normalized spacial score (nSPS) is 10.9. The number of carboxylic acids is 2. The summed E-state index contributed by atoms with van der Waals surface area (Å²) in [5.41, 5.74) is 0. The van der Waals surface area contributed by atoms with Gasteiger partial charge in [-0.3, -0.25) is 0 Å². The topological polar surface area (TPSA) is 115 Å². The van der Waals surface area contributed by atoms with Gasteiger partial charge in [0.2, 0.25) is 0 Å². The molecule has 58 valence electrons. The molecule has 0 fully saturated rings. The number of aliphatic carboxylic acids is 2. The molecule has 0 aliphatic rings. The van der Waals surface area contributed by atoms with Crippen LogP contribution in [0.5, 0.6) is 0 Å². The molecule has 0 spiro atoms. The summed E-state index contributed by atoms with van der Waals surface area (Å²) in [6.45, 7) is 0. The van der Waals surface area contributed by atoms with Crippen LogP contribution in [0.2, 0.25) is 0 Å². The first-order chi connectivity index (χ1) is 4.46. The first kappa shape index (κ1) is 12.9. The van der Waals surface area contributed by atoms with Crippen molar-refractivity contribution >= 4 is 11.9 Å². The Labute approximate surface area is 84.5 Å². The summed E-state index contributed by atoms with van der Waals surface area (Å²) >= 11 is 0. The van der Waals surface area contributed by atoms with Gasteiger partial charge < -0.3 is 21.9 Å². The zero-order chi connectivity index (χ0) is 8.31. The maximum atomic E-state index is 9.71. The molecule has 0 radical (unpaired) electrons. The summed E-state index contributed by atoms with van der Waals surface area (Å²) in [6, 6.07) is 0. The zero-order valence-corrected chi connectivity index (χ0v) is 7.61. The van der Waals surface area contributed by atoms with Crippen LogP contribution in [0.15, 0.2) is 11.5 Å². The van der Waals surface area contributed by atoms with Crippen LogP contribution in [-0.4, -0.2) is 32.4 Å². The minimum absolute atomic E-state index is 0. The van der Waals surface area contributed by atoms with Crippen molar-refractivity contribution in [3.63, 3.8) is 0 Å². The van der Waals surface area contributed by atoms with Crippen molar-refractivity contribution in [3.8, 4) is 0 Å². The molecule has 0 aromatic carbocycles. The number of hydrogen-bond acceptors (Lipinski definition) is 4. The molecule has 0 bridgehead atoms. The Bertz CT molecular complexity index is 190. The van der Waals surface area contributed by atoms with Crippen molar-refractivity contribution < 1.29 is 61.0 Å². The predicted molar refractivity (Wildman–Crippen MR) is 28.7 cm³/mol. The summed E-state index contributed by atoms with van der Waals surface area (Å²) in [7, 11) is 0. The van der Waals surface area contributed by atoms with E-state index in [2.05, 4.69) is 0 Å². The largest absolute Gasteiger partial charge is 1.00 e. The second-order valence-corrected chi connectivity index (χ2v) is 1.31. The second kappa shape index (κ2) is 5.00. The van der Waals surface area contributed by atoms with Gasteiger partial charge in [-0.05, 0) is 0 Å². The molecule has 0 aliphatic carbocycles. The van der Waals surface area contributed by atoms with Gasteiger partial charge in [-0.1, -0.05) is 0 Å². The smallest absolute Gasteiger partial charge is 1.00 e. The molecule has 0 saturated heterocycles. The van der Waals surface area contributed by atoms with E-state index in [1.807, 2.05) is 0 Å². The van der Waals surface area contributed by atoms with E-state index in [0.717, 1.165) is 0 Å². The van der Waals surface area contributed by atoms with Crippen LogP contribution in [0, 0.1) is 0 Å². The van der Waals surface area contributed by atoms with E-state index in [4.69, 9.17) is 20.4 Å². The van der Waals surface area contributed by atoms with Crippen LogP contribution >= 0.6 is 0 Å². The van der Waals surface area contributed by atoms with Gasteiger partial charge >= 0.3 is 41.5 Å². The Hall–Kier alpha value is -0.720. The average Bonchev–Trinajstić information content (AvgIpc) is 1.84. The second-order valence-electron chi connectivity index (χ2n) is 1.31. The number of hydrogen-bond donors (Lipinski definition) is 4. The summed E-state index contributed by atoms with van der Waals surface area (Å²) in [5, 5.41) is 32.2. The molecule has 0 rings (SSSR count). The van der Waals surface area contributed by atoms with Crippen LogP contribution in [-0.2, 0) is 9.59 Å². The van der Waals surface area contributed by atoms with Crippen molar-refractivity contribution in [1.29, 1.82) is 0 Å². The standard InChI is InChI=1S/C4H4O6.Na.H/c5-1(3(7)8)2(6)4(9)10;;/h5-6H,(H,7,8)(H,9,10);;/q;+1;-1/b2-1+;;. The van der Waals surface area contributed by atoms with Crippen molar-refractivity contribution in [2.45, 2.75) is 0 Å². The average molecular weight is 172 g/mol. The quantitative estimate of drug-likeness (QED) is 0.196.